The first-order valence-electron chi connectivity index (χ1n) is 8.61. The number of amides is 1. The minimum Gasteiger partial charge on any atom is -0.461 e. The SMILES string of the molecule is O=C(OCCC(=O)N1CCCc2ccccc21)c1cccc2ocnc12. The summed E-state index contributed by atoms with van der Waals surface area (Å²) in [6.45, 7) is 0.729. The van der Waals surface area contributed by atoms with Crippen molar-refractivity contribution in [2.24, 2.45) is 0 Å². The monoisotopic (exact) mass is 350 g/mol. The molecule has 0 N–H and O–H groups in total. The number of rotatable bonds is 4. The van der Waals surface area contributed by atoms with Gasteiger partial charge in [-0.1, -0.05) is 24.3 Å². The zero-order chi connectivity index (χ0) is 17.9. The molecule has 6 heteroatoms. The summed E-state index contributed by atoms with van der Waals surface area (Å²) in [6.07, 6.45) is 3.36. The number of anilines is 1. The smallest absolute Gasteiger partial charge is 0.340 e. The molecular formula is C20H18N2O4. The molecule has 0 saturated heterocycles. The van der Waals surface area contributed by atoms with Gasteiger partial charge in [0.2, 0.25) is 5.91 Å². The van der Waals surface area contributed by atoms with Crippen molar-refractivity contribution in [3.63, 3.8) is 0 Å². The normalized spacial score (nSPS) is 13.5. The Morgan fingerprint density at radius 2 is 2.04 bits per heavy atom. The van der Waals surface area contributed by atoms with Crippen molar-refractivity contribution in [1.82, 2.24) is 4.98 Å². The molecule has 0 bridgehead atoms. The van der Waals surface area contributed by atoms with Crippen molar-refractivity contribution >= 4 is 28.7 Å². The summed E-state index contributed by atoms with van der Waals surface area (Å²) in [7, 11) is 0. The van der Waals surface area contributed by atoms with Gasteiger partial charge in [0.15, 0.2) is 12.0 Å². The van der Waals surface area contributed by atoms with Crippen LogP contribution in [0.3, 0.4) is 0 Å². The lowest BCUT2D eigenvalue weighted by atomic mass is 10.0. The maximum absolute atomic E-state index is 12.6. The van der Waals surface area contributed by atoms with Gasteiger partial charge in [-0.15, -0.1) is 0 Å². The number of carbonyl (C=O) groups excluding carboxylic acids is 2. The van der Waals surface area contributed by atoms with E-state index in [0.29, 0.717) is 23.2 Å². The Bertz CT molecular complexity index is 963. The lowest BCUT2D eigenvalue weighted by Gasteiger charge is -2.29. The average Bonchev–Trinajstić information content (AvgIpc) is 3.16. The summed E-state index contributed by atoms with van der Waals surface area (Å²) in [5, 5.41) is 0. The molecule has 0 radical (unpaired) electrons. The van der Waals surface area contributed by atoms with E-state index in [1.165, 1.54) is 12.0 Å². The molecule has 1 aromatic heterocycles. The van der Waals surface area contributed by atoms with Crippen LogP contribution in [0.15, 0.2) is 53.3 Å². The number of hydrogen-bond acceptors (Lipinski definition) is 5. The molecule has 6 nitrogen and oxygen atoms in total. The third-order valence-electron chi connectivity index (χ3n) is 4.54. The molecule has 1 aliphatic rings. The minimum atomic E-state index is -0.503. The van der Waals surface area contributed by atoms with Crippen LogP contribution in [-0.4, -0.2) is 30.0 Å². The van der Waals surface area contributed by atoms with E-state index in [9.17, 15) is 9.59 Å². The van der Waals surface area contributed by atoms with Crippen LogP contribution in [0.5, 0.6) is 0 Å². The van der Waals surface area contributed by atoms with E-state index in [4.69, 9.17) is 9.15 Å². The van der Waals surface area contributed by atoms with Crippen molar-refractivity contribution in [3.8, 4) is 0 Å². The van der Waals surface area contributed by atoms with Crippen LogP contribution in [0.25, 0.3) is 11.1 Å². The van der Waals surface area contributed by atoms with Gasteiger partial charge in [-0.25, -0.2) is 9.78 Å². The molecule has 1 amide bonds. The Hall–Kier alpha value is -3.15. The molecule has 2 heterocycles. The Balaban J connectivity index is 1.39. The largest absolute Gasteiger partial charge is 0.461 e. The number of aryl methyl sites for hydroxylation is 1. The van der Waals surface area contributed by atoms with E-state index in [1.54, 1.807) is 23.1 Å². The lowest BCUT2D eigenvalue weighted by molar-refractivity contribution is -0.119. The second kappa shape index (κ2) is 7.00. The van der Waals surface area contributed by atoms with Crippen molar-refractivity contribution < 1.29 is 18.7 Å². The molecule has 0 spiro atoms. The molecule has 132 valence electrons. The third-order valence-corrected chi connectivity index (χ3v) is 4.54. The standard InChI is InChI=1S/C20H18N2O4/c23-18(22-11-4-6-14-5-1-2-8-16(14)22)10-12-25-20(24)15-7-3-9-17-19(15)21-13-26-17/h1-3,5,7-9,13H,4,6,10-12H2. The zero-order valence-electron chi connectivity index (χ0n) is 14.2. The molecule has 3 aromatic rings. The first-order chi connectivity index (χ1) is 12.7. The highest BCUT2D eigenvalue weighted by Crippen LogP contribution is 2.27. The highest BCUT2D eigenvalue weighted by molar-refractivity contribution is 6.01. The number of nitrogens with zero attached hydrogens (tertiary/aromatic N) is 2. The molecule has 2 aromatic carbocycles. The van der Waals surface area contributed by atoms with E-state index >= 15 is 0 Å². The fraction of sp³-hybridized carbons (Fsp3) is 0.250. The Kier molecular flexibility index (Phi) is 4.39. The zero-order valence-corrected chi connectivity index (χ0v) is 14.2. The molecule has 0 atom stereocenters. The maximum atomic E-state index is 12.6. The van der Waals surface area contributed by atoms with Crippen LogP contribution < -0.4 is 4.90 Å². The number of oxazole rings is 1. The van der Waals surface area contributed by atoms with Crippen molar-refractivity contribution in [2.45, 2.75) is 19.3 Å². The Labute approximate surface area is 150 Å². The number of aromatic nitrogens is 1. The second-order valence-corrected chi connectivity index (χ2v) is 6.17. The maximum Gasteiger partial charge on any atom is 0.340 e. The summed E-state index contributed by atoms with van der Waals surface area (Å²) in [4.78, 5) is 30.7. The Morgan fingerprint density at radius 1 is 1.15 bits per heavy atom. The molecule has 0 fully saturated rings. The van der Waals surface area contributed by atoms with E-state index < -0.39 is 5.97 Å². The topological polar surface area (TPSA) is 72.6 Å². The molecule has 1 aliphatic heterocycles. The van der Waals surface area contributed by atoms with Crippen LogP contribution >= 0.6 is 0 Å². The lowest BCUT2D eigenvalue weighted by Crippen LogP contribution is -2.36. The second-order valence-electron chi connectivity index (χ2n) is 6.17. The molecule has 26 heavy (non-hydrogen) atoms. The Morgan fingerprint density at radius 3 is 2.96 bits per heavy atom. The van der Waals surface area contributed by atoms with Crippen molar-refractivity contribution in [3.05, 3.63) is 60.0 Å². The minimum absolute atomic E-state index is 0.0323. The fourth-order valence-electron chi connectivity index (χ4n) is 3.29. The van der Waals surface area contributed by atoms with Gasteiger partial charge in [0.25, 0.3) is 0 Å². The fourth-order valence-corrected chi connectivity index (χ4v) is 3.29. The van der Waals surface area contributed by atoms with E-state index in [-0.39, 0.29) is 18.9 Å². The predicted molar refractivity (Wildman–Crippen MR) is 96.0 cm³/mol. The summed E-state index contributed by atoms with van der Waals surface area (Å²) >= 11 is 0. The number of ether oxygens (including phenoxy) is 1. The number of benzene rings is 2. The first kappa shape index (κ1) is 16.3. The van der Waals surface area contributed by atoms with Gasteiger partial charge in [0, 0.05) is 12.2 Å². The predicted octanol–water partition coefficient (Wildman–Crippen LogP) is 3.35. The highest BCUT2D eigenvalue weighted by Gasteiger charge is 2.22. The number of carbonyl (C=O) groups is 2. The van der Waals surface area contributed by atoms with E-state index in [1.807, 2.05) is 24.3 Å². The quantitative estimate of drug-likeness (QED) is 0.675. The molecule has 4 rings (SSSR count). The summed E-state index contributed by atoms with van der Waals surface area (Å²) in [5.41, 5.74) is 3.48. The molecule has 0 saturated carbocycles. The highest BCUT2D eigenvalue weighted by atomic mass is 16.5. The van der Waals surface area contributed by atoms with Crippen LogP contribution in [0, 0.1) is 0 Å². The van der Waals surface area contributed by atoms with Gasteiger partial charge in [0.05, 0.1) is 12.0 Å². The van der Waals surface area contributed by atoms with Gasteiger partial charge in [-0.05, 0) is 36.6 Å². The first-order valence-corrected chi connectivity index (χ1v) is 8.61. The summed E-state index contributed by atoms with van der Waals surface area (Å²) < 4.78 is 10.5. The number of esters is 1. The average molecular weight is 350 g/mol. The van der Waals surface area contributed by atoms with Crippen LogP contribution in [0.2, 0.25) is 0 Å². The van der Waals surface area contributed by atoms with E-state index in [2.05, 4.69) is 4.98 Å². The van der Waals surface area contributed by atoms with Crippen molar-refractivity contribution in [2.75, 3.05) is 18.1 Å². The molecule has 0 aliphatic carbocycles. The number of hydrogen-bond donors (Lipinski definition) is 0. The number of fused-ring (bicyclic) bond motifs is 2. The van der Waals surface area contributed by atoms with Gasteiger partial charge >= 0.3 is 5.97 Å². The van der Waals surface area contributed by atoms with Gasteiger partial charge < -0.3 is 14.1 Å². The van der Waals surface area contributed by atoms with Crippen LogP contribution in [0.4, 0.5) is 5.69 Å². The summed E-state index contributed by atoms with van der Waals surface area (Å²) in [6, 6.07) is 13.0. The van der Waals surface area contributed by atoms with Crippen molar-refractivity contribution in [1.29, 1.82) is 0 Å². The van der Waals surface area contributed by atoms with Gasteiger partial charge in [-0.3, -0.25) is 4.79 Å². The summed E-state index contributed by atoms with van der Waals surface area (Å²) in [5.74, 6) is -0.541. The number of para-hydroxylation sites is 2. The van der Waals surface area contributed by atoms with Crippen LogP contribution in [0.1, 0.15) is 28.8 Å². The third kappa shape index (κ3) is 3.06. The van der Waals surface area contributed by atoms with Crippen LogP contribution in [-0.2, 0) is 16.0 Å². The van der Waals surface area contributed by atoms with Gasteiger partial charge in [-0.2, -0.15) is 0 Å². The van der Waals surface area contributed by atoms with E-state index in [0.717, 1.165) is 18.5 Å². The molecular weight excluding hydrogens is 332 g/mol. The molecule has 0 unspecified atom stereocenters. The van der Waals surface area contributed by atoms with Gasteiger partial charge in [0.1, 0.15) is 12.1 Å².